The predicted molar refractivity (Wildman–Crippen MR) is 48.0 cm³/mol. The minimum Gasteiger partial charge on any atom is -0.353 e. The molecule has 2 nitrogen and oxygen atoms in total. The molecule has 0 fully saturated rings. The molecule has 1 heterocycles. The van der Waals surface area contributed by atoms with Gasteiger partial charge in [0, 0.05) is 41.2 Å². The zero-order valence-corrected chi connectivity index (χ0v) is 7.67. The summed E-state index contributed by atoms with van der Waals surface area (Å²) in [4.78, 5) is 0. The average Bonchev–Trinajstić information content (AvgIpc) is 2.39. The van der Waals surface area contributed by atoms with Crippen molar-refractivity contribution < 1.29 is 4.21 Å². The van der Waals surface area contributed by atoms with Crippen molar-refractivity contribution in [2.75, 3.05) is 6.26 Å². The van der Waals surface area contributed by atoms with E-state index >= 15 is 0 Å². The normalized spacial score (nSPS) is 16.2. The van der Waals surface area contributed by atoms with E-state index in [1.54, 1.807) is 6.26 Å². The first-order valence-corrected chi connectivity index (χ1v) is 5.25. The van der Waals surface area contributed by atoms with Crippen LogP contribution < -0.4 is 0 Å². The largest absolute Gasteiger partial charge is 0.353 e. The van der Waals surface area contributed by atoms with Crippen molar-refractivity contribution in [3.63, 3.8) is 0 Å². The third kappa shape index (κ3) is 2.50. The minimum atomic E-state index is -0.716. The summed E-state index contributed by atoms with van der Waals surface area (Å²) < 4.78 is 13.0. The molecule has 1 rings (SSSR count). The maximum Gasteiger partial charge on any atom is 0.0496 e. The molecule has 62 valence electrons. The molecule has 2 unspecified atom stereocenters. The zero-order chi connectivity index (χ0) is 8.27. The summed E-state index contributed by atoms with van der Waals surface area (Å²) in [5, 5.41) is 0.238. The SMILES string of the molecule is CC(Cn1cccc1)S(C)=O. The maximum atomic E-state index is 11.0. The van der Waals surface area contributed by atoms with Gasteiger partial charge < -0.3 is 4.57 Å². The van der Waals surface area contributed by atoms with Crippen molar-refractivity contribution in [3.05, 3.63) is 24.5 Å². The highest BCUT2D eigenvalue weighted by atomic mass is 32.2. The average molecular weight is 171 g/mol. The number of rotatable bonds is 3. The minimum absolute atomic E-state index is 0.238. The van der Waals surface area contributed by atoms with E-state index in [0.717, 1.165) is 6.54 Å². The molecule has 1 aromatic rings. The van der Waals surface area contributed by atoms with Gasteiger partial charge in [-0.05, 0) is 19.1 Å². The molecule has 2 atom stereocenters. The molecule has 0 aliphatic rings. The van der Waals surface area contributed by atoms with Gasteiger partial charge in [0.1, 0.15) is 0 Å². The lowest BCUT2D eigenvalue weighted by atomic mass is 10.5. The summed E-state index contributed by atoms with van der Waals surface area (Å²) in [6, 6.07) is 3.95. The third-order valence-electron chi connectivity index (χ3n) is 1.70. The van der Waals surface area contributed by atoms with Crippen LogP contribution >= 0.6 is 0 Å². The Labute approximate surface area is 69.7 Å². The second-order valence-electron chi connectivity index (χ2n) is 2.69. The van der Waals surface area contributed by atoms with E-state index < -0.39 is 10.8 Å². The highest BCUT2D eigenvalue weighted by Gasteiger charge is 2.04. The van der Waals surface area contributed by atoms with E-state index in [4.69, 9.17) is 0 Å². The fraction of sp³-hybridized carbons (Fsp3) is 0.500. The smallest absolute Gasteiger partial charge is 0.0496 e. The zero-order valence-electron chi connectivity index (χ0n) is 6.86. The van der Waals surface area contributed by atoms with Gasteiger partial charge >= 0.3 is 0 Å². The van der Waals surface area contributed by atoms with E-state index in [2.05, 4.69) is 0 Å². The van der Waals surface area contributed by atoms with Crippen LogP contribution in [0.2, 0.25) is 0 Å². The van der Waals surface area contributed by atoms with Crippen molar-refractivity contribution in [1.29, 1.82) is 0 Å². The summed E-state index contributed by atoms with van der Waals surface area (Å²) >= 11 is 0. The van der Waals surface area contributed by atoms with Crippen LogP contribution in [0.3, 0.4) is 0 Å². The van der Waals surface area contributed by atoms with E-state index in [-0.39, 0.29) is 5.25 Å². The molecular formula is C8H13NOS. The van der Waals surface area contributed by atoms with Crippen LogP contribution in [-0.4, -0.2) is 20.3 Å². The summed E-state index contributed by atoms with van der Waals surface area (Å²) in [6.07, 6.45) is 5.72. The highest BCUT2D eigenvalue weighted by Crippen LogP contribution is 1.98. The molecule has 11 heavy (non-hydrogen) atoms. The van der Waals surface area contributed by atoms with Crippen molar-refractivity contribution in [1.82, 2.24) is 4.57 Å². The molecule has 0 saturated carbocycles. The molecule has 0 spiro atoms. The Morgan fingerprint density at radius 2 is 2.00 bits per heavy atom. The van der Waals surface area contributed by atoms with Gasteiger partial charge in [-0.2, -0.15) is 0 Å². The molecule has 1 aromatic heterocycles. The van der Waals surface area contributed by atoms with E-state index in [1.807, 2.05) is 36.0 Å². The Morgan fingerprint density at radius 3 is 2.45 bits per heavy atom. The van der Waals surface area contributed by atoms with Crippen LogP contribution in [0.4, 0.5) is 0 Å². The van der Waals surface area contributed by atoms with Crippen molar-refractivity contribution >= 4 is 10.8 Å². The first-order valence-electron chi connectivity index (χ1n) is 3.63. The second kappa shape index (κ2) is 3.72. The Hall–Kier alpha value is -0.570. The lowest BCUT2D eigenvalue weighted by Crippen LogP contribution is -2.16. The van der Waals surface area contributed by atoms with Crippen LogP contribution in [0, 0.1) is 0 Å². The van der Waals surface area contributed by atoms with E-state index in [0.29, 0.717) is 0 Å². The molecule has 0 saturated heterocycles. The first kappa shape index (κ1) is 8.53. The summed E-state index contributed by atoms with van der Waals surface area (Å²) in [5.41, 5.74) is 0. The standard InChI is InChI=1S/C8H13NOS/c1-8(11(2)10)7-9-5-3-4-6-9/h3-6,8H,7H2,1-2H3. The third-order valence-corrected chi connectivity index (χ3v) is 2.98. The number of nitrogens with zero attached hydrogens (tertiary/aromatic N) is 1. The molecule has 0 radical (unpaired) electrons. The monoisotopic (exact) mass is 171 g/mol. The first-order chi connectivity index (χ1) is 5.20. The molecule has 3 heteroatoms. The Morgan fingerprint density at radius 1 is 1.45 bits per heavy atom. The second-order valence-corrected chi connectivity index (χ2v) is 4.49. The van der Waals surface area contributed by atoms with E-state index in [1.165, 1.54) is 0 Å². The lowest BCUT2D eigenvalue weighted by molar-refractivity contribution is 0.645. The topological polar surface area (TPSA) is 22.0 Å². The molecule has 0 bridgehead atoms. The van der Waals surface area contributed by atoms with Crippen LogP contribution in [-0.2, 0) is 17.3 Å². The van der Waals surface area contributed by atoms with Crippen LogP contribution in [0.1, 0.15) is 6.92 Å². The van der Waals surface area contributed by atoms with Gasteiger partial charge in [-0.1, -0.05) is 0 Å². The van der Waals surface area contributed by atoms with Crippen LogP contribution in [0.25, 0.3) is 0 Å². The molecule has 0 aliphatic heterocycles. The maximum absolute atomic E-state index is 11.0. The summed E-state index contributed by atoms with van der Waals surface area (Å²) in [7, 11) is -0.716. The fourth-order valence-electron chi connectivity index (χ4n) is 0.894. The summed E-state index contributed by atoms with van der Waals surface area (Å²) in [5.74, 6) is 0. The number of aromatic nitrogens is 1. The number of hydrogen-bond donors (Lipinski definition) is 0. The molecule has 0 amide bonds. The Bertz CT molecular complexity index is 230. The van der Waals surface area contributed by atoms with Gasteiger partial charge in [-0.3, -0.25) is 4.21 Å². The van der Waals surface area contributed by atoms with Gasteiger partial charge in [0.05, 0.1) is 0 Å². The van der Waals surface area contributed by atoms with Crippen LogP contribution in [0.5, 0.6) is 0 Å². The Kier molecular flexibility index (Phi) is 2.88. The Balaban J connectivity index is 2.50. The predicted octanol–water partition coefficient (Wildman–Crippen LogP) is 1.26. The highest BCUT2D eigenvalue weighted by molar-refractivity contribution is 7.84. The van der Waals surface area contributed by atoms with Gasteiger partial charge in [0.15, 0.2) is 0 Å². The van der Waals surface area contributed by atoms with Crippen molar-refractivity contribution in [2.45, 2.75) is 18.7 Å². The quantitative estimate of drug-likeness (QED) is 0.671. The number of hydrogen-bond acceptors (Lipinski definition) is 1. The van der Waals surface area contributed by atoms with Gasteiger partial charge in [0.25, 0.3) is 0 Å². The van der Waals surface area contributed by atoms with Gasteiger partial charge in [-0.25, -0.2) is 0 Å². The van der Waals surface area contributed by atoms with Crippen molar-refractivity contribution in [3.8, 4) is 0 Å². The molecule has 0 N–H and O–H groups in total. The molecule has 0 aliphatic carbocycles. The van der Waals surface area contributed by atoms with Crippen LogP contribution in [0.15, 0.2) is 24.5 Å². The molecular weight excluding hydrogens is 158 g/mol. The lowest BCUT2D eigenvalue weighted by Gasteiger charge is -2.08. The van der Waals surface area contributed by atoms with Crippen molar-refractivity contribution in [2.24, 2.45) is 0 Å². The van der Waals surface area contributed by atoms with E-state index in [9.17, 15) is 4.21 Å². The van der Waals surface area contributed by atoms with Gasteiger partial charge in [-0.15, -0.1) is 0 Å². The fourth-order valence-corrected chi connectivity index (χ4v) is 1.28. The molecule has 0 aromatic carbocycles. The summed E-state index contributed by atoms with van der Waals surface area (Å²) in [6.45, 7) is 2.84. The van der Waals surface area contributed by atoms with Gasteiger partial charge in [0.2, 0.25) is 0 Å².